The maximum atomic E-state index is 10.7. The molecule has 30 heavy (non-hydrogen) atoms. The fourth-order valence-corrected chi connectivity index (χ4v) is 9.30. The molecular weight excluding hydrogens is 364 g/mol. The molecule has 5 rings (SSSR count). The van der Waals surface area contributed by atoms with Gasteiger partial charge in [0, 0.05) is 0 Å². The molecule has 0 aromatic heterocycles. The summed E-state index contributed by atoms with van der Waals surface area (Å²) in [4.78, 5) is 0. The third kappa shape index (κ3) is 3.45. The minimum absolute atomic E-state index is 0.371. The summed E-state index contributed by atoms with van der Waals surface area (Å²) in [5, 5.41) is 10.7. The second-order valence-corrected chi connectivity index (χ2v) is 13.8. The molecule has 4 saturated carbocycles. The quantitative estimate of drug-likeness (QED) is 0.455. The maximum Gasteiger partial charge on any atom is 0.0657 e. The summed E-state index contributed by atoms with van der Waals surface area (Å²) < 4.78 is 0. The van der Waals surface area contributed by atoms with E-state index in [1.54, 1.807) is 5.57 Å². The molecule has 0 saturated heterocycles. The van der Waals surface area contributed by atoms with Crippen LogP contribution in [-0.2, 0) is 0 Å². The number of aliphatic hydroxyl groups is 1. The first-order valence-corrected chi connectivity index (χ1v) is 13.5. The minimum Gasteiger partial charge on any atom is -0.390 e. The van der Waals surface area contributed by atoms with E-state index in [9.17, 15) is 5.11 Å². The van der Waals surface area contributed by atoms with E-state index in [-0.39, 0.29) is 0 Å². The molecule has 0 heterocycles. The molecule has 1 nitrogen and oxygen atoms in total. The number of rotatable bonds is 5. The number of allylic oxidation sites excluding steroid dienone is 1. The van der Waals surface area contributed by atoms with Gasteiger partial charge >= 0.3 is 0 Å². The number of fused-ring (bicyclic) bond motifs is 5. The largest absolute Gasteiger partial charge is 0.390 e. The first-order valence-electron chi connectivity index (χ1n) is 13.5. The average Bonchev–Trinajstić information content (AvgIpc) is 3.29. The summed E-state index contributed by atoms with van der Waals surface area (Å²) in [6, 6.07) is 0. The van der Waals surface area contributed by atoms with E-state index in [2.05, 4.69) is 40.7 Å². The lowest BCUT2D eigenvalue weighted by molar-refractivity contribution is -0.0706. The standard InChI is InChI=1S/C29H48O/c1-20(7-6-13-26(2)15-16-26)23-10-11-24-22-9-8-21-19-27(3,30)17-18-28(21,4)25(22)12-14-29(23,24)5/h8,20,22-25,30H,6-7,9-19H2,1-5H3/t20-,22+,23-,24+,25+,27+,28+,29-/m1/s1. The molecule has 170 valence electrons. The van der Waals surface area contributed by atoms with Crippen molar-refractivity contribution in [1.82, 2.24) is 0 Å². The Kier molecular flexibility index (Phi) is 5.10. The van der Waals surface area contributed by atoms with E-state index in [0.29, 0.717) is 10.8 Å². The summed E-state index contributed by atoms with van der Waals surface area (Å²) in [5.41, 5.74) is 2.83. The SMILES string of the molecule is C[C@H](CCCC1(C)CC1)[C@H]1CC[C@H]2[C@@H]3CC=C4C[C@@](C)(O)CC[C@]4(C)[C@H]3CC[C@]12C. The van der Waals surface area contributed by atoms with Crippen molar-refractivity contribution in [3.8, 4) is 0 Å². The van der Waals surface area contributed by atoms with Crippen molar-refractivity contribution >= 4 is 0 Å². The van der Waals surface area contributed by atoms with Crippen LogP contribution < -0.4 is 0 Å². The molecule has 4 fully saturated rings. The minimum atomic E-state index is -0.465. The Labute approximate surface area is 186 Å². The van der Waals surface area contributed by atoms with Crippen molar-refractivity contribution in [1.29, 1.82) is 0 Å². The zero-order valence-electron chi connectivity index (χ0n) is 20.6. The van der Waals surface area contributed by atoms with Crippen molar-refractivity contribution in [3.63, 3.8) is 0 Å². The molecule has 0 amide bonds. The molecule has 0 aromatic rings. The van der Waals surface area contributed by atoms with Crippen molar-refractivity contribution < 1.29 is 5.11 Å². The summed E-state index contributed by atoms with van der Waals surface area (Å²) in [6.45, 7) is 12.4. The van der Waals surface area contributed by atoms with Crippen LogP contribution in [0.25, 0.3) is 0 Å². The van der Waals surface area contributed by atoms with Crippen LogP contribution in [0, 0.1) is 45.8 Å². The van der Waals surface area contributed by atoms with Gasteiger partial charge in [-0.3, -0.25) is 0 Å². The van der Waals surface area contributed by atoms with Crippen molar-refractivity contribution in [3.05, 3.63) is 11.6 Å². The molecule has 5 aliphatic carbocycles. The van der Waals surface area contributed by atoms with Crippen molar-refractivity contribution in [2.24, 2.45) is 45.8 Å². The first-order chi connectivity index (χ1) is 14.1. The second kappa shape index (κ2) is 7.10. The van der Waals surface area contributed by atoms with Crippen LogP contribution in [0.4, 0.5) is 0 Å². The molecule has 0 spiro atoms. The lowest BCUT2D eigenvalue weighted by Gasteiger charge is -2.59. The summed E-state index contributed by atoms with van der Waals surface area (Å²) in [5.74, 6) is 4.59. The van der Waals surface area contributed by atoms with Gasteiger partial charge in [-0.15, -0.1) is 0 Å². The molecule has 5 aliphatic rings. The molecule has 0 aliphatic heterocycles. The lowest BCUT2D eigenvalue weighted by Crippen LogP contribution is -2.52. The Hall–Kier alpha value is -0.300. The van der Waals surface area contributed by atoms with Gasteiger partial charge in [0.2, 0.25) is 0 Å². The predicted molar refractivity (Wildman–Crippen MR) is 126 cm³/mol. The van der Waals surface area contributed by atoms with Gasteiger partial charge in [0.25, 0.3) is 0 Å². The highest BCUT2D eigenvalue weighted by atomic mass is 16.3. The van der Waals surface area contributed by atoms with Crippen molar-refractivity contribution in [2.75, 3.05) is 0 Å². The Morgan fingerprint density at radius 2 is 1.73 bits per heavy atom. The smallest absolute Gasteiger partial charge is 0.0657 e. The fourth-order valence-electron chi connectivity index (χ4n) is 9.30. The van der Waals surface area contributed by atoms with Crippen LogP contribution in [0.5, 0.6) is 0 Å². The van der Waals surface area contributed by atoms with Gasteiger partial charge in [0.15, 0.2) is 0 Å². The summed E-state index contributed by atoms with van der Waals surface area (Å²) in [7, 11) is 0. The van der Waals surface area contributed by atoms with E-state index in [0.717, 1.165) is 47.8 Å². The molecule has 0 unspecified atom stereocenters. The number of hydrogen-bond acceptors (Lipinski definition) is 1. The Morgan fingerprint density at radius 1 is 0.967 bits per heavy atom. The van der Waals surface area contributed by atoms with Crippen molar-refractivity contribution in [2.45, 2.75) is 124 Å². The van der Waals surface area contributed by atoms with Crippen LogP contribution in [0.15, 0.2) is 11.6 Å². The van der Waals surface area contributed by atoms with E-state index in [4.69, 9.17) is 0 Å². The van der Waals surface area contributed by atoms with Gasteiger partial charge in [-0.2, -0.15) is 0 Å². The lowest BCUT2D eigenvalue weighted by atomic mass is 9.46. The molecule has 0 radical (unpaired) electrons. The highest BCUT2D eigenvalue weighted by molar-refractivity contribution is 5.26. The summed E-state index contributed by atoms with van der Waals surface area (Å²) in [6.07, 6.45) is 20.3. The molecule has 0 bridgehead atoms. The van der Waals surface area contributed by atoms with Crippen LogP contribution >= 0.6 is 0 Å². The Balaban J connectivity index is 1.29. The van der Waals surface area contributed by atoms with Gasteiger partial charge in [0.05, 0.1) is 5.60 Å². The van der Waals surface area contributed by atoms with Crippen LogP contribution in [-0.4, -0.2) is 10.7 Å². The van der Waals surface area contributed by atoms with Crippen LogP contribution in [0.1, 0.15) is 118 Å². The first kappa shape index (κ1) is 21.5. The van der Waals surface area contributed by atoms with E-state index < -0.39 is 5.60 Å². The normalized spacial score (nSPS) is 50.1. The Morgan fingerprint density at radius 3 is 2.47 bits per heavy atom. The third-order valence-electron chi connectivity index (χ3n) is 11.7. The van der Waals surface area contributed by atoms with Gasteiger partial charge in [-0.1, -0.05) is 52.2 Å². The van der Waals surface area contributed by atoms with E-state index in [1.807, 2.05) is 0 Å². The van der Waals surface area contributed by atoms with Gasteiger partial charge in [0.1, 0.15) is 0 Å². The monoisotopic (exact) mass is 412 g/mol. The second-order valence-electron chi connectivity index (χ2n) is 13.8. The third-order valence-corrected chi connectivity index (χ3v) is 11.7. The highest BCUT2D eigenvalue weighted by Crippen LogP contribution is 2.67. The van der Waals surface area contributed by atoms with E-state index >= 15 is 0 Å². The fraction of sp³-hybridized carbons (Fsp3) is 0.931. The topological polar surface area (TPSA) is 20.2 Å². The summed E-state index contributed by atoms with van der Waals surface area (Å²) >= 11 is 0. The molecule has 0 aromatic carbocycles. The van der Waals surface area contributed by atoms with Gasteiger partial charge < -0.3 is 5.11 Å². The molecular formula is C29H48O. The molecule has 1 N–H and O–H groups in total. The highest BCUT2D eigenvalue weighted by Gasteiger charge is 2.59. The Bertz CT molecular complexity index is 699. The maximum absolute atomic E-state index is 10.7. The van der Waals surface area contributed by atoms with Crippen LogP contribution in [0.2, 0.25) is 0 Å². The zero-order valence-corrected chi connectivity index (χ0v) is 20.6. The van der Waals surface area contributed by atoms with Gasteiger partial charge in [-0.05, 0) is 123 Å². The predicted octanol–water partition coefficient (Wildman–Crippen LogP) is 7.92. The zero-order chi connectivity index (χ0) is 21.4. The molecule has 8 atom stereocenters. The van der Waals surface area contributed by atoms with Gasteiger partial charge in [-0.25, -0.2) is 0 Å². The van der Waals surface area contributed by atoms with Crippen LogP contribution in [0.3, 0.4) is 0 Å². The molecule has 1 heteroatoms. The average molecular weight is 413 g/mol. The number of hydrogen-bond donors (Lipinski definition) is 1. The van der Waals surface area contributed by atoms with E-state index in [1.165, 1.54) is 70.6 Å².